The summed E-state index contributed by atoms with van der Waals surface area (Å²) >= 11 is 0. The van der Waals surface area contributed by atoms with Gasteiger partial charge >= 0.3 is 5.97 Å². The highest BCUT2D eigenvalue weighted by Crippen LogP contribution is 2.26. The van der Waals surface area contributed by atoms with Crippen molar-refractivity contribution in [2.24, 2.45) is 0 Å². The molecule has 0 fully saturated rings. The van der Waals surface area contributed by atoms with Crippen molar-refractivity contribution in [2.75, 3.05) is 0 Å². The molecule has 5 nitrogen and oxygen atoms in total. The Bertz CT molecular complexity index is 785. The maximum absolute atomic E-state index is 11.5. The molecule has 0 bridgehead atoms. The van der Waals surface area contributed by atoms with Gasteiger partial charge in [0.1, 0.15) is 11.6 Å². The minimum absolute atomic E-state index is 0.189. The van der Waals surface area contributed by atoms with Gasteiger partial charge in [0.25, 0.3) is 0 Å². The Hall–Kier alpha value is -2.56. The van der Waals surface area contributed by atoms with Gasteiger partial charge in [-0.1, -0.05) is 19.9 Å². The summed E-state index contributed by atoms with van der Waals surface area (Å²) in [4.78, 5) is 16.1. The summed E-state index contributed by atoms with van der Waals surface area (Å²) in [5.41, 5.74) is 1.61. The van der Waals surface area contributed by atoms with Crippen molar-refractivity contribution in [3.05, 3.63) is 53.7 Å². The molecule has 5 heteroatoms. The molecule has 0 amide bonds. The van der Waals surface area contributed by atoms with Crippen molar-refractivity contribution in [3.8, 4) is 0 Å². The highest BCUT2D eigenvalue weighted by atomic mass is 16.4. The van der Waals surface area contributed by atoms with E-state index in [1.54, 1.807) is 18.4 Å². The standard InChI is InChI=1S/C16H16N2O3/c1-10(2)15-17-13-7-3-6-12(16(19)20)14(13)18(15)9-11-5-4-8-21-11/h3-8,10H,9H2,1-2H3,(H,19,20). The highest BCUT2D eigenvalue weighted by Gasteiger charge is 2.19. The number of para-hydroxylation sites is 1. The average Bonchev–Trinajstić information content (AvgIpc) is 3.07. The quantitative estimate of drug-likeness (QED) is 0.796. The van der Waals surface area contributed by atoms with Crippen LogP contribution in [0.5, 0.6) is 0 Å². The average molecular weight is 284 g/mol. The number of imidazole rings is 1. The lowest BCUT2D eigenvalue weighted by Gasteiger charge is -2.11. The first kappa shape index (κ1) is 13.4. The maximum atomic E-state index is 11.5. The topological polar surface area (TPSA) is 68.3 Å². The number of carboxylic acids is 1. The van der Waals surface area contributed by atoms with Crippen LogP contribution in [0.3, 0.4) is 0 Å². The lowest BCUT2D eigenvalue weighted by atomic mass is 10.1. The number of aromatic nitrogens is 2. The number of benzene rings is 1. The van der Waals surface area contributed by atoms with Gasteiger partial charge in [-0.3, -0.25) is 0 Å². The number of carboxylic acid groups (broad SMARTS) is 1. The van der Waals surface area contributed by atoms with Crippen molar-refractivity contribution in [2.45, 2.75) is 26.3 Å². The third-order valence-electron chi connectivity index (χ3n) is 3.44. The molecule has 0 saturated carbocycles. The van der Waals surface area contributed by atoms with Crippen LogP contribution in [0.25, 0.3) is 11.0 Å². The fourth-order valence-electron chi connectivity index (χ4n) is 2.54. The number of furan rings is 1. The zero-order chi connectivity index (χ0) is 15.0. The summed E-state index contributed by atoms with van der Waals surface area (Å²) < 4.78 is 7.33. The number of rotatable bonds is 4. The summed E-state index contributed by atoms with van der Waals surface area (Å²) in [6, 6.07) is 8.86. The van der Waals surface area contributed by atoms with E-state index in [0.717, 1.165) is 11.6 Å². The summed E-state index contributed by atoms with van der Waals surface area (Å²) in [6.07, 6.45) is 1.61. The second-order valence-corrected chi connectivity index (χ2v) is 5.27. The van der Waals surface area contributed by atoms with Crippen LogP contribution in [0, 0.1) is 0 Å². The molecule has 108 valence electrons. The Morgan fingerprint density at radius 3 is 2.76 bits per heavy atom. The molecule has 1 aromatic carbocycles. The minimum Gasteiger partial charge on any atom is -0.478 e. The lowest BCUT2D eigenvalue weighted by molar-refractivity contribution is 0.0698. The van der Waals surface area contributed by atoms with Gasteiger partial charge in [0.05, 0.1) is 29.4 Å². The van der Waals surface area contributed by atoms with Crippen LogP contribution < -0.4 is 0 Å². The van der Waals surface area contributed by atoms with Gasteiger partial charge in [-0.25, -0.2) is 9.78 Å². The molecular weight excluding hydrogens is 268 g/mol. The summed E-state index contributed by atoms with van der Waals surface area (Å²) in [7, 11) is 0. The third-order valence-corrected chi connectivity index (χ3v) is 3.44. The minimum atomic E-state index is -0.948. The molecule has 3 aromatic rings. The van der Waals surface area contributed by atoms with E-state index in [2.05, 4.69) is 4.98 Å². The Morgan fingerprint density at radius 2 is 2.14 bits per heavy atom. The molecule has 0 unspecified atom stereocenters. The Morgan fingerprint density at radius 1 is 1.33 bits per heavy atom. The van der Waals surface area contributed by atoms with E-state index >= 15 is 0 Å². The molecule has 2 heterocycles. The first-order valence-electron chi connectivity index (χ1n) is 6.82. The van der Waals surface area contributed by atoms with Crippen molar-refractivity contribution in [1.82, 2.24) is 9.55 Å². The molecule has 0 saturated heterocycles. The van der Waals surface area contributed by atoms with Gasteiger partial charge in [-0.15, -0.1) is 0 Å². The largest absolute Gasteiger partial charge is 0.478 e. The number of fused-ring (bicyclic) bond motifs is 1. The van der Waals surface area contributed by atoms with Crippen LogP contribution in [0.1, 0.15) is 41.7 Å². The molecular formula is C16H16N2O3. The number of aromatic carboxylic acids is 1. The zero-order valence-electron chi connectivity index (χ0n) is 11.9. The summed E-state index contributed by atoms with van der Waals surface area (Å²) in [5, 5.41) is 9.42. The van der Waals surface area contributed by atoms with Crippen LogP contribution >= 0.6 is 0 Å². The van der Waals surface area contributed by atoms with E-state index in [4.69, 9.17) is 4.42 Å². The summed E-state index contributed by atoms with van der Waals surface area (Å²) in [6.45, 7) is 4.56. The van der Waals surface area contributed by atoms with Gasteiger partial charge in [0.15, 0.2) is 0 Å². The second kappa shape index (κ2) is 5.09. The SMILES string of the molecule is CC(C)c1nc2cccc(C(=O)O)c2n1Cc1ccco1. The van der Waals surface area contributed by atoms with E-state index < -0.39 is 5.97 Å². The predicted molar refractivity (Wildman–Crippen MR) is 78.6 cm³/mol. The molecule has 1 N–H and O–H groups in total. The molecule has 0 aliphatic rings. The molecule has 0 aliphatic heterocycles. The lowest BCUT2D eigenvalue weighted by Crippen LogP contribution is -2.08. The molecule has 0 aliphatic carbocycles. The van der Waals surface area contributed by atoms with E-state index in [0.29, 0.717) is 17.6 Å². The van der Waals surface area contributed by atoms with E-state index in [1.165, 1.54) is 0 Å². The van der Waals surface area contributed by atoms with Gasteiger partial charge in [-0.2, -0.15) is 0 Å². The Kier molecular flexibility index (Phi) is 3.25. The fraction of sp³-hybridized carbons (Fsp3) is 0.250. The second-order valence-electron chi connectivity index (χ2n) is 5.27. The van der Waals surface area contributed by atoms with Gasteiger partial charge in [0, 0.05) is 5.92 Å². The number of hydrogen-bond donors (Lipinski definition) is 1. The van der Waals surface area contributed by atoms with Crippen LogP contribution in [0.2, 0.25) is 0 Å². The van der Waals surface area contributed by atoms with Crippen LogP contribution in [0.15, 0.2) is 41.0 Å². The van der Waals surface area contributed by atoms with Crippen LogP contribution in [0.4, 0.5) is 0 Å². The van der Waals surface area contributed by atoms with Crippen molar-refractivity contribution in [1.29, 1.82) is 0 Å². The van der Waals surface area contributed by atoms with E-state index in [9.17, 15) is 9.90 Å². The van der Waals surface area contributed by atoms with Gasteiger partial charge in [0.2, 0.25) is 0 Å². The Balaban J connectivity index is 2.26. The van der Waals surface area contributed by atoms with Crippen LogP contribution in [-0.4, -0.2) is 20.6 Å². The predicted octanol–water partition coefficient (Wildman–Crippen LogP) is 3.50. The molecule has 0 spiro atoms. The smallest absolute Gasteiger partial charge is 0.337 e. The van der Waals surface area contributed by atoms with Gasteiger partial charge < -0.3 is 14.1 Å². The monoisotopic (exact) mass is 284 g/mol. The van der Waals surface area contributed by atoms with E-state index in [-0.39, 0.29) is 11.5 Å². The first-order chi connectivity index (χ1) is 10.1. The molecule has 2 aromatic heterocycles. The molecule has 0 radical (unpaired) electrons. The number of carbonyl (C=O) groups is 1. The maximum Gasteiger partial charge on any atom is 0.337 e. The van der Waals surface area contributed by atoms with Crippen molar-refractivity contribution < 1.29 is 14.3 Å². The van der Waals surface area contributed by atoms with Crippen molar-refractivity contribution >= 4 is 17.0 Å². The number of hydrogen-bond acceptors (Lipinski definition) is 3. The fourth-order valence-corrected chi connectivity index (χ4v) is 2.54. The molecule has 3 rings (SSSR count). The van der Waals surface area contributed by atoms with Crippen molar-refractivity contribution in [3.63, 3.8) is 0 Å². The zero-order valence-corrected chi connectivity index (χ0v) is 11.9. The molecule has 21 heavy (non-hydrogen) atoms. The normalized spacial score (nSPS) is 11.4. The third kappa shape index (κ3) is 2.31. The molecule has 0 atom stereocenters. The Labute approximate surface area is 121 Å². The van der Waals surface area contributed by atoms with Gasteiger partial charge in [-0.05, 0) is 24.3 Å². The number of nitrogens with zero attached hydrogens (tertiary/aromatic N) is 2. The first-order valence-corrected chi connectivity index (χ1v) is 6.82. The summed E-state index contributed by atoms with van der Waals surface area (Å²) in [5.74, 6) is 0.872. The highest BCUT2D eigenvalue weighted by molar-refractivity contribution is 6.01. The van der Waals surface area contributed by atoms with E-state index in [1.807, 2.05) is 36.6 Å². The van der Waals surface area contributed by atoms with Crippen LogP contribution in [-0.2, 0) is 6.54 Å².